The number of para-hydroxylation sites is 1. The van der Waals surface area contributed by atoms with Gasteiger partial charge in [-0.15, -0.1) is 0 Å². The van der Waals surface area contributed by atoms with Gasteiger partial charge in [-0.3, -0.25) is 0 Å². The summed E-state index contributed by atoms with van der Waals surface area (Å²) in [5, 5.41) is 0.586. The predicted molar refractivity (Wildman–Crippen MR) is 86.2 cm³/mol. The second-order valence-electron chi connectivity index (χ2n) is 5.68. The van der Waals surface area contributed by atoms with Crippen LogP contribution in [0.25, 0.3) is 0 Å². The lowest BCUT2D eigenvalue weighted by molar-refractivity contribution is -0.137. The quantitative estimate of drug-likeness (QED) is 0.725. The van der Waals surface area contributed by atoms with Gasteiger partial charge in [-0.2, -0.15) is 13.2 Å². The summed E-state index contributed by atoms with van der Waals surface area (Å²) in [6, 6.07) is 11.3. The minimum Gasteiger partial charge on any atom is -0.339 e. The fourth-order valence-electron chi connectivity index (χ4n) is 2.83. The lowest BCUT2D eigenvalue weighted by Crippen LogP contribution is -2.26. The summed E-state index contributed by atoms with van der Waals surface area (Å²) in [6.07, 6.45) is -4.34. The molecule has 0 atom stereocenters. The molecule has 0 spiro atoms. The molecule has 23 heavy (non-hydrogen) atoms. The molecule has 0 radical (unpaired) electrons. The monoisotopic (exact) mass is 340 g/mol. The van der Waals surface area contributed by atoms with Crippen LogP contribution in [-0.2, 0) is 12.7 Å². The van der Waals surface area contributed by atoms with E-state index in [0.29, 0.717) is 23.7 Å². The van der Waals surface area contributed by atoms with E-state index in [-0.39, 0.29) is 0 Å². The molecule has 0 aliphatic carbocycles. The Balaban J connectivity index is 2.11. The number of nitrogens with zero attached hydrogens (tertiary/aromatic N) is 2. The maximum atomic E-state index is 13.0. The summed E-state index contributed by atoms with van der Waals surface area (Å²) in [7, 11) is 1.90. The van der Waals surface area contributed by atoms with Crippen LogP contribution in [0.5, 0.6) is 0 Å². The van der Waals surface area contributed by atoms with Crippen LogP contribution in [0.4, 0.5) is 24.5 Å². The van der Waals surface area contributed by atoms with Gasteiger partial charge >= 0.3 is 6.18 Å². The van der Waals surface area contributed by atoms with E-state index in [0.717, 1.165) is 24.0 Å². The molecule has 3 rings (SSSR count). The summed E-state index contributed by atoms with van der Waals surface area (Å²) in [5.74, 6) is 0. The third-order valence-corrected chi connectivity index (χ3v) is 4.31. The average Bonchev–Trinajstić information content (AvgIpc) is 2.64. The second kappa shape index (κ2) is 6.06. The number of halogens is 4. The third-order valence-electron chi connectivity index (χ3n) is 3.99. The smallest absolute Gasteiger partial charge is 0.339 e. The van der Waals surface area contributed by atoms with Gasteiger partial charge in [0.05, 0.1) is 16.3 Å². The summed E-state index contributed by atoms with van der Waals surface area (Å²) >= 11 is 6.28. The fraction of sp³-hybridized carbons (Fsp3) is 0.294. The number of benzene rings is 2. The van der Waals surface area contributed by atoms with Crippen molar-refractivity contribution < 1.29 is 13.2 Å². The molecule has 122 valence electrons. The summed E-state index contributed by atoms with van der Waals surface area (Å²) in [4.78, 5) is 4.00. The first-order valence-electron chi connectivity index (χ1n) is 7.27. The summed E-state index contributed by atoms with van der Waals surface area (Å²) < 4.78 is 39.0. The average molecular weight is 341 g/mol. The van der Waals surface area contributed by atoms with E-state index in [9.17, 15) is 13.2 Å². The van der Waals surface area contributed by atoms with Gasteiger partial charge in [0.2, 0.25) is 0 Å². The molecule has 0 bridgehead atoms. The van der Waals surface area contributed by atoms with Crippen molar-refractivity contribution >= 4 is 23.0 Å². The van der Waals surface area contributed by atoms with Crippen LogP contribution in [0.15, 0.2) is 42.5 Å². The van der Waals surface area contributed by atoms with Crippen LogP contribution < -0.4 is 4.90 Å². The second-order valence-corrected chi connectivity index (χ2v) is 6.09. The van der Waals surface area contributed by atoms with Crippen molar-refractivity contribution in [3.8, 4) is 0 Å². The molecule has 0 unspecified atom stereocenters. The van der Waals surface area contributed by atoms with Crippen molar-refractivity contribution in [2.24, 2.45) is 0 Å². The van der Waals surface area contributed by atoms with E-state index in [1.165, 1.54) is 6.07 Å². The molecular formula is C17H16ClF3N2. The molecule has 2 nitrogen and oxygen atoms in total. The van der Waals surface area contributed by atoms with Gasteiger partial charge in [0.15, 0.2) is 0 Å². The number of alkyl halides is 3. The zero-order chi connectivity index (χ0) is 16.6. The molecule has 0 N–H and O–H groups in total. The van der Waals surface area contributed by atoms with E-state index in [1.807, 2.05) is 35.0 Å². The molecule has 1 aliphatic rings. The molecule has 2 aromatic carbocycles. The van der Waals surface area contributed by atoms with E-state index < -0.39 is 11.7 Å². The van der Waals surface area contributed by atoms with Gasteiger partial charge in [-0.1, -0.05) is 23.7 Å². The van der Waals surface area contributed by atoms with Crippen molar-refractivity contribution in [1.29, 1.82) is 0 Å². The van der Waals surface area contributed by atoms with Crippen LogP contribution in [0.1, 0.15) is 11.1 Å². The number of likely N-dealkylation sites (N-methyl/N-ethyl adjacent to an activating group) is 1. The lowest BCUT2D eigenvalue weighted by Gasteiger charge is -2.26. The Kier molecular flexibility index (Phi) is 4.25. The molecule has 0 saturated carbocycles. The molecule has 6 heteroatoms. The normalized spacial score (nSPS) is 16.1. The minimum absolute atomic E-state index is 0.472. The van der Waals surface area contributed by atoms with Crippen LogP contribution >= 0.6 is 11.6 Å². The van der Waals surface area contributed by atoms with Crippen molar-refractivity contribution in [1.82, 2.24) is 4.90 Å². The Bertz CT molecular complexity index is 715. The zero-order valence-corrected chi connectivity index (χ0v) is 13.3. The Morgan fingerprint density at radius 2 is 1.74 bits per heavy atom. The highest BCUT2D eigenvalue weighted by molar-refractivity contribution is 6.33. The lowest BCUT2D eigenvalue weighted by atomic mass is 10.1. The highest BCUT2D eigenvalue weighted by atomic mass is 35.5. The van der Waals surface area contributed by atoms with E-state index in [2.05, 4.69) is 0 Å². The van der Waals surface area contributed by atoms with E-state index >= 15 is 0 Å². The molecule has 1 heterocycles. The number of hydrogen-bond acceptors (Lipinski definition) is 2. The van der Waals surface area contributed by atoms with Crippen molar-refractivity contribution in [2.75, 3.05) is 25.0 Å². The Morgan fingerprint density at radius 1 is 1.00 bits per heavy atom. The Hall–Kier alpha value is -1.72. The molecular weight excluding hydrogens is 325 g/mol. The van der Waals surface area contributed by atoms with Gasteiger partial charge in [0, 0.05) is 25.3 Å². The number of rotatable bonds is 1. The third kappa shape index (κ3) is 3.31. The van der Waals surface area contributed by atoms with Crippen LogP contribution in [0, 0.1) is 0 Å². The molecule has 0 saturated heterocycles. The zero-order valence-electron chi connectivity index (χ0n) is 12.6. The first-order valence-corrected chi connectivity index (χ1v) is 7.65. The van der Waals surface area contributed by atoms with Gasteiger partial charge in [-0.25, -0.2) is 0 Å². The fourth-order valence-corrected chi connectivity index (χ4v) is 3.07. The van der Waals surface area contributed by atoms with E-state index in [1.54, 1.807) is 12.1 Å². The maximum Gasteiger partial charge on any atom is 0.416 e. The molecule has 0 fully saturated rings. The molecule has 2 aromatic rings. The minimum atomic E-state index is -4.34. The Morgan fingerprint density at radius 3 is 2.43 bits per heavy atom. The topological polar surface area (TPSA) is 6.48 Å². The molecule has 0 aromatic heterocycles. The van der Waals surface area contributed by atoms with Gasteiger partial charge in [0.25, 0.3) is 0 Å². The Labute approximate surface area is 138 Å². The van der Waals surface area contributed by atoms with Crippen molar-refractivity contribution in [3.63, 3.8) is 0 Å². The first-order chi connectivity index (χ1) is 10.9. The first kappa shape index (κ1) is 16.1. The summed E-state index contributed by atoms with van der Waals surface area (Å²) in [6.45, 7) is 1.88. The maximum absolute atomic E-state index is 13.0. The van der Waals surface area contributed by atoms with Gasteiger partial charge in [-0.05, 0) is 42.9 Å². The number of anilines is 2. The SMILES string of the molecule is CN1CCN(c2ccccc2Cl)c2ccc(C(F)(F)F)cc2C1. The number of hydrogen-bond donors (Lipinski definition) is 0. The largest absolute Gasteiger partial charge is 0.416 e. The standard InChI is InChI=1S/C17H16ClF3N2/c1-22-8-9-23(16-5-3-2-4-14(16)18)15-7-6-13(17(19,20)21)10-12(15)11-22/h2-7,10H,8-9,11H2,1H3. The van der Waals surface area contributed by atoms with Crippen molar-refractivity contribution in [3.05, 3.63) is 58.6 Å². The van der Waals surface area contributed by atoms with E-state index in [4.69, 9.17) is 11.6 Å². The predicted octanol–water partition coefficient (Wildman–Crippen LogP) is 4.94. The highest BCUT2D eigenvalue weighted by Crippen LogP contribution is 2.38. The number of fused-ring (bicyclic) bond motifs is 1. The van der Waals surface area contributed by atoms with Crippen LogP contribution in [0.2, 0.25) is 5.02 Å². The molecule has 0 amide bonds. The highest BCUT2D eigenvalue weighted by Gasteiger charge is 2.32. The molecule has 1 aliphatic heterocycles. The van der Waals surface area contributed by atoms with Crippen LogP contribution in [0.3, 0.4) is 0 Å². The van der Waals surface area contributed by atoms with Gasteiger partial charge in [0.1, 0.15) is 0 Å². The van der Waals surface area contributed by atoms with Gasteiger partial charge < -0.3 is 9.80 Å². The van der Waals surface area contributed by atoms with Crippen LogP contribution in [-0.4, -0.2) is 25.0 Å². The van der Waals surface area contributed by atoms with Crippen molar-refractivity contribution in [2.45, 2.75) is 12.7 Å². The summed E-state index contributed by atoms with van der Waals surface area (Å²) in [5.41, 5.74) is 1.62.